The quantitative estimate of drug-likeness (QED) is 0.804. The minimum Gasteiger partial charge on any atom is -0.493 e. The molecule has 0 aliphatic heterocycles. The number of hydrogen-bond acceptors (Lipinski definition) is 4. The number of benzene rings is 1. The van der Waals surface area contributed by atoms with Gasteiger partial charge < -0.3 is 20.5 Å². The van der Waals surface area contributed by atoms with Crippen LogP contribution in [0, 0.1) is 5.92 Å². The zero-order chi connectivity index (χ0) is 15.1. The number of carbonyl (C=O) groups is 1. The van der Waals surface area contributed by atoms with Gasteiger partial charge in [-0.25, -0.2) is 0 Å². The van der Waals surface area contributed by atoms with E-state index in [0.717, 1.165) is 12.0 Å². The maximum absolute atomic E-state index is 11.7. The fraction of sp³-hybridized carbons (Fsp3) is 0.533. The number of carbonyl (C=O) groups excluding carboxylic acids is 1. The van der Waals surface area contributed by atoms with E-state index in [9.17, 15) is 4.79 Å². The van der Waals surface area contributed by atoms with E-state index < -0.39 is 6.04 Å². The summed E-state index contributed by atoms with van der Waals surface area (Å²) in [6, 6.07) is 5.26. The van der Waals surface area contributed by atoms with Crippen molar-refractivity contribution in [2.24, 2.45) is 11.7 Å². The van der Waals surface area contributed by atoms with Crippen molar-refractivity contribution >= 4 is 18.3 Å². The number of nitrogens with one attached hydrogen (secondary N) is 1. The molecule has 5 nitrogen and oxygen atoms in total. The van der Waals surface area contributed by atoms with Crippen LogP contribution < -0.4 is 20.5 Å². The van der Waals surface area contributed by atoms with Crippen LogP contribution in [0.2, 0.25) is 0 Å². The molecule has 0 fully saturated rings. The molecule has 1 rings (SSSR count). The van der Waals surface area contributed by atoms with Crippen LogP contribution in [0.25, 0.3) is 0 Å². The van der Waals surface area contributed by atoms with Crippen LogP contribution in [-0.2, 0) is 11.2 Å². The smallest absolute Gasteiger partial charge is 0.237 e. The number of nitrogens with two attached hydrogens (primary N) is 1. The molecule has 6 heteroatoms. The lowest BCUT2D eigenvalue weighted by atomic mass is 10.0. The van der Waals surface area contributed by atoms with Gasteiger partial charge in [-0.05, 0) is 30.0 Å². The van der Waals surface area contributed by atoms with Crippen molar-refractivity contribution in [3.05, 3.63) is 23.8 Å². The number of amides is 1. The molecule has 0 bridgehead atoms. The van der Waals surface area contributed by atoms with Crippen LogP contribution in [0.15, 0.2) is 18.2 Å². The van der Waals surface area contributed by atoms with Crippen molar-refractivity contribution in [3.63, 3.8) is 0 Å². The summed E-state index contributed by atoms with van der Waals surface area (Å²) >= 11 is 0. The summed E-state index contributed by atoms with van der Waals surface area (Å²) in [5.74, 6) is 1.41. The molecular weight excluding hydrogens is 292 g/mol. The molecule has 1 aromatic carbocycles. The largest absolute Gasteiger partial charge is 0.493 e. The summed E-state index contributed by atoms with van der Waals surface area (Å²) < 4.78 is 10.4. The lowest BCUT2D eigenvalue weighted by Gasteiger charge is -2.15. The minimum atomic E-state index is -0.458. The zero-order valence-electron chi connectivity index (χ0n) is 13.0. The van der Waals surface area contributed by atoms with Gasteiger partial charge in [-0.1, -0.05) is 19.9 Å². The highest BCUT2D eigenvalue weighted by molar-refractivity contribution is 5.85. The molecule has 0 radical (unpaired) electrons. The molecule has 0 saturated carbocycles. The molecule has 0 aliphatic carbocycles. The van der Waals surface area contributed by atoms with E-state index in [-0.39, 0.29) is 24.2 Å². The van der Waals surface area contributed by atoms with Crippen molar-refractivity contribution < 1.29 is 14.3 Å². The first-order valence-corrected chi connectivity index (χ1v) is 6.73. The molecule has 0 aromatic heterocycles. The summed E-state index contributed by atoms with van der Waals surface area (Å²) in [6.45, 7) is 4.41. The molecular formula is C15H25ClN2O3. The lowest BCUT2D eigenvalue weighted by molar-refractivity contribution is -0.123. The Kier molecular flexibility index (Phi) is 8.81. The molecule has 21 heavy (non-hydrogen) atoms. The number of hydrogen-bond donors (Lipinski definition) is 2. The average molecular weight is 317 g/mol. The van der Waals surface area contributed by atoms with Gasteiger partial charge in [-0.3, -0.25) is 4.79 Å². The monoisotopic (exact) mass is 316 g/mol. The molecule has 0 aliphatic rings. The number of halogens is 1. The van der Waals surface area contributed by atoms with Crippen molar-refractivity contribution in [2.75, 3.05) is 20.8 Å². The Morgan fingerprint density at radius 1 is 1.24 bits per heavy atom. The van der Waals surface area contributed by atoms with Gasteiger partial charge in [0.1, 0.15) is 0 Å². The average Bonchev–Trinajstić information content (AvgIpc) is 2.45. The molecule has 0 heterocycles. The topological polar surface area (TPSA) is 73.6 Å². The second kappa shape index (κ2) is 9.47. The molecule has 0 saturated heterocycles. The first kappa shape index (κ1) is 19.5. The van der Waals surface area contributed by atoms with Crippen LogP contribution in [-0.4, -0.2) is 32.7 Å². The highest BCUT2D eigenvalue weighted by atomic mass is 35.5. The van der Waals surface area contributed by atoms with Gasteiger partial charge in [-0.15, -0.1) is 12.4 Å². The molecule has 1 aromatic rings. The third-order valence-corrected chi connectivity index (χ3v) is 3.18. The molecule has 1 atom stereocenters. The molecule has 1 unspecified atom stereocenters. The Morgan fingerprint density at radius 2 is 1.86 bits per heavy atom. The summed E-state index contributed by atoms with van der Waals surface area (Å²) in [4.78, 5) is 11.7. The molecule has 3 N–H and O–H groups in total. The highest BCUT2D eigenvalue weighted by Gasteiger charge is 2.16. The summed E-state index contributed by atoms with van der Waals surface area (Å²) in [5, 5.41) is 2.84. The van der Waals surface area contributed by atoms with E-state index in [0.29, 0.717) is 18.0 Å². The second-order valence-corrected chi connectivity index (χ2v) is 5.00. The fourth-order valence-electron chi connectivity index (χ4n) is 1.79. The van der Waals surface area contributed by atoms with Crippen LogP contribution in [0.1, 0.15) is 19.4 Å². The van der Waals surface area contributed by atoms with Crippen LogP contribution >= 0.6 is 12.4 Å². The van der Waals surface area contributed by atoms with Gasteiger partial charge >= 0.3 is 0 Å². The lowest BCUT2D eigenvalue weighted by Crippen LogP contribution is -2.44. The van der Waals surface area contributed by atoms with Gasteiger partial charge in [0.15, 0.2) is 11.5 Å². The van der Waals surface area contributed by atoms with Crippen molar-refractivity contribution in [1.29, 1.82) is 0 Å². The number of ether oxygens (including phenoxy) is 2. The van der Waals surface area contributed by atoms with Crippen LogP contribution in [0.3, 0.4) is 0 Å². The summed E-state index contributed by atoms with van der Waals surface area (Å²) in [6.07, 6.45) is 0.719. The fourth-order valence-corrected chi connectivity index (χ4v) is 1.79. The van der Waals surface area contributed by atoms with Crippen LogP contribution in [0.5, 0.6) is 11.5 Å². The van der Waals surface area contributed by atoms with E-state index in [1.807, 2.05) is 32.0 Å². The van der Waals surface area contributed by atoms with E-state index in [2.05, 4.69) is 5.32 Å². The van der Waals surface area contributed by atoms with E-state index in [1.165, 1.54) is 0 Å². The van der Waals surface area contributed by atoms with E-state index >= 15 is 0 Å². The third kappa shape index (κ3) is 5.81. The van der Waals surface area contributed by atoms with Gasteiger partial charge in [0.2, 0.25) is 5.91 Å². The minimum absolute atomic E-state index is 0. The first-order valence-electron chi connectivity index (χ1n) is 6.73. The molecule has 0 spiro atoms. The van der Waals surface area contributed by atoms with Gasteiger partial charge in [0, 0.05) is 6.54 Å². The van der Waals surface area contributed by atoms with Crippen molar-refractivity contribution in [3.8, 4) is 11.5 Å². The third-order valence-electron chi connectivity index (χ3n) is 3.18. The summed E-state index contributed by atoms with van der Waals surface area (Å²) in [5.41, 5.74) is 6.84. The van der Waals surface area contributed by atoms with E-state index in [1.54, 1.807) is 14.2 Å². The number of methoxy groups -OCH3 is 2. The highest BCUT2D eigenvalue weighted by Crippen LogP contribution is 2.27. The van der Waals surface area contributed by atoms with Crippen molar-refractivity contribution in [1.82, 2.24) is 5.32 Å². The molecule has 120 valence electrons. The Bertz CT molecular complexity index is 453. The Labute approximate surface area is 132 Å². The predicted molar refractivity (Wildman–Crippen MR) is 86.3 cm³/mol. The number of rotatable bonds is 7. The Balaban J connectivity index is 0.00000400. The summed E-state index contributed by atoms with van der Waals surface area (Å²) in [7, 11) is 3.20. The SMILES string of the molecule is COc1ccc(CCNC(=O)C(N)C(C)C)cc1OC.Cl. The standard InChI is InChI=1S/C15H24N2O3.ClH/c1-10(2)14(16)15(18)17-8-7-11-5-6-12(19-3)13(9-11)20-4;/h5-6,9-10,14H,7-8,16H2,1-4H3,(H,17,18);1H. The Hall–Kier alpha value is -1.46. The Morgan fingerprint density at radius 3 is 2.38 bits per heavy atom. The zero-order valence-corrected chi connectivity index (χ0v) is 13.8. The van der Waals surface area contributed by atoms with Crippen molar-refractivity contribution in [2.45, 2.75) is 26.3 Å². The predicted octanol–water partition coefficient (Wildman–Crippen LogP) is 1.77. The van der Waals surface area contributed by atoms with Crippen LogP contribution in [0.4, 0.5) is 0 Å². The van der Waals surface area contributed by atoms with E-state index in [4.69, 9.17) is 15.2 Å². The van der Waals surface area contributed by atoms with Gasteiger partial charge in [0.25, 0.3) is 0 Å². The maximum Gasteiger partial charge on any atom is 0.237 e. The maximum atomic E-state index is 11.7. The molecule has 1 amide bonds. The van der Waals surface area contributed by atoms with Gasteiger partial charge in [-0.2, -0.15) is 0 Å². The second-order valence-electron chi connectivity index (χ2n) is 5.00. The van der Waals surface area contributed by atoms with Gasteiger partial charge in [0.05, 0.1) is 20.3 Å². The normalized spacial score (nSPS) is 11.5. The first-order chi connectivity index (χ1) is 9.49.